The predicted octanol–water partition coefficient (Wildman–Crippen LogP) is 5.54. The molecule has 0 fully saturated rings. The van der Waals surface area contributed by atoms with Crippen molar-refractivity contribution in [2.24, 2.45) is 5.92 Å². The van der Waals surface area contributed by atoms with Gasteiger partial charge in [0.25, 0.3) is 0 Å². The molecule has 144 valence electrons. The minimum Gasteiger partial charge on any atom is -0.488 e. The molecule has 0 N–H and O–H groups in total. The highest BCUT2D eigenvalue weighted by molar-refractivity contribution is 5.86. The summed E-state index contributed by atoms with van der Waals surface area (Å²) in [5.41, 5.74) is 2.47. The molecule has 1 aromatic carbocycles. The minimum absolute atomic E-state index is 0.194. The maximum absolute atomic E-state index is 6.48. The van der Waals surface area contributed by atoms with Crippen molar-refractivity contribution in [3.63, 3.8) is 0 Å². The van der Waals surface area contributed by atoms with E-state index in [0.29, 0.717) is 5.92 Å². The van der Waals surface area contributed by atoms with Crippen LogP contribution < -0.4 is 4.74 Å². The fourth-order valence-electron chi connectivity index (χ4n) is 3.53. The van der Waals surface area contributed by atoms with Crippen LogP contribution in [0.25, 0.3) is 28.1 Å². The van der Waals surface area contributed by atoms with Gasteiger partial charge in [0.15, 0.2) is 11.5 Å². The number of para-hydroxylation sites is 1. The van der Waals surface area contributed by atoms with Crippen LogP contribution in [-0.2, 0) is 0 Å². The Morgan fingerprint density at radius 1 is 1.00 bits per heavy atom. The number of hydrogen-bond acceptors (Lipinski definition) is 4. The molecule has 0 aliphatic carbocycles. The quantitative estimate of drug-likeness (QED) is 0.426. The first-order chi connectivity index (χ1) is 13.7. The van der Waals surface area contributed by atoms with E-state index in [0.717, 1.165) is 53.1 Å². The molecule has 5 heteroatoms. The third-order valence-corrected chi connectivity index (χ3v) is 5.36. The highest BCUT2D eigenvalue weighted by atomic mass is 16.5. The van der Waals surface area contributed by atoms with Crippen LogP contribution in [0.5, 0.6) is 5.75 Å². The van der Waals surface area contributed by atoms with Crippen molar-refractivity contribution < 1.29 is 4.74 Å². The number of rotatable bonds is 7. The Morgan fingerprint density at radius 2 is 1.89 bits per heavy atom. The normalized spacial score (nSPS) is 13.7. The van der Waals surface area contributed by atoms with E-state index in [-0.39, 0.29) is 6.10 Å². The second-order valence-corrected chi connectivity index (χ2v) is 7.31. The summed E-state index contributed by atoms with van der Waals surface area (Å²) in [6.07, 6.45) is 5.39. The second-order valence-electron chi connectivity index (χ2n) is 7.31. The summed E-state index contributed by atoms with van der Waals surface area (Å²) in [6, 6.07) is 16.1. The molecule has 0 saturated carbocycles. The number of pyridine rings is 2. The third kappa shape index (κ3) is 3.44. The van der Waals surface area contributed by atoms with Crippen molar-refractivity contribution in [1.82, 2.24) is 19.6 Å². The molecule has 0 bridgehead atoms. The Bertz CT molecular complexity index is 1090. The molecule has 5 nitrogen and oxygen atoms in total. The van der Waals surface area contributed by atoms with Gasteiger partial charge in [0.1, 0.15) is 23.1 Å². The molecular formula is C23H26N4O. The van der Waals surface area contributed by atoms with E-state index in [1.807, 2.05) is 47.0 Å². The Hall–Kier alpha value is -2.95. The number of hydrogen-bond donors (Lipinski definition) is 0. The maximum atomic E-state index is 6.48. The van der Waals surface area contributed by atoms with Gasteiger partial charge in [-0.05, 0) is 36.6 Å². The summed E-state index contributed by atoms with van der Waals surface area (Å²) in [4.78, 5) is 4.92. The van der Waals surface area contributed by atoms with Crippen LogP contribution in [0.2, 0.25) is 0 Å². The topological polar surface area (TPSA) is 52.3 Å². The number of ether oxygens (including phenoxy) is 1. The van der Waals surface area contributed by atoms with E-state index in [2.05, 4.69) is 43.1 Å². The molecule has 4 aromatic rings. The molecule has 3 aromatic heterocycles. The SMILES string of the molecule is CCCC(Oc1cccc2ccc(-c3nnc4ccccn34)nc12)[C@H](C)CC. The van der Waals surface area contributed by atoms with Gasteiger partial charge in [0, 0.05) is 11.6 Å². The summed E-state index contributed by atoms with van der Waals surface area (Å²) in [5.74, 6) is 2.07. The van der Waals surface area contributed by atoms with Crippen LogP contribution in [0.15, 0.2) is 54.7 Å². The van der Waals surface area contributed by atoms with E-state index < -0.39 is 0 Å². The zero-order valence-electron chi connectivity index (χ0n) is 16.7. The van der Waals surface area contributed by atoms with Gasteiger partial charge in [-0.2, -0.15) is 0 Å². The molecule has 0 radical (unpaired) electrons. The van der Waals surface area contributed by atoms with Crippen LogP contribution in [-0.4, -0.2) is 25.7 Å². The molecule has 0 aliphatic rings. The summed E-state index contributed by atoms with van der Waals surface area (Å²) in [5, 5.41) is 9.65. The molecule has 0 amide bonds. The van der Waals surface area contributed by atoms with E-state index >= 15 is 0 Å². The van der Waals surface area contributed by atoms with Crippen LogP contribution >= 0.6 is 0 Å². The fraction of sp³-hybridized carbons (Fsp3) is 0.348. The van der Waals surface area contributed by atoms with Gasteiger partial charge in [0.05, 0.1) is 0 Å². The Labute approximate surface area is 165 Å². The smallest absolute Gasteiger partial charge is 0.187 e. The molecular weight excluding hydrogens is 348 g/mol. The van der Waals surface area contributed by atoms with E-state index in [4.69, 9.17) is 9.72 Å². The molecule has 3 heterocycles. The molecule has 2 atom stereocenters. The summed E-state index contributed by atoms with van der Waals surface area (Å²) in [6.45, 7) is 6.67. The standard InChI is InChI=1S/C23H26N4O/c1-4-9-19(16(3)5-2)28-20-11-8-10-17-13-14-18(24-22(17)20)23-26-25-21-12-6-7-15-27(21)23/h6-8,10-16,19H,4-5,9H2,1-3H3/t16-,19?/m1/s1. The maximum Gasteiger partial charge on any atom is 0.187 e. The van der Waals surface area contributed by atoms with Gasteiger partial charge in [-0.15, -0.1) is 10.2 Å². The highest BCUT2D eigenvalue weighted by Gasteiger charge is 2.19. The summed E-state index contributed by atoms with van der Waals surface area (Å²) < 4.78 is 8.43. The third-order valence-electron chi connectivity index (χ3n) is 5.36. The van der Waals surface area contributed by atoms with Gasteiger partial charge in [-0.25, -0.2) is 4.98 Å². The zero-order valence-corrected chi connectivity index (χ0v) is 16.7. The Balaban J connectivity index is 1.77. The van der Waals surface area contributed by atoms with Crippen LogP contribution in [0.3, 0.4) is 0 Å². The lowest BCUT2D eigenvalue weighted by Crippen LogP contribution is -2.24. The van der Waals surface area contributed by atoms with Crippen molar-refractivity contribution in [2.75, 3.05) is 0 Å². The lowest BCUT2D eigenvalue weighted by molar-refractivity contribution is 0.131. The van der Waals surface area contributed by atoms with Gasteiger partial charge < -0.3 is 4.74 Å². The monoisotopic (exact) mass is 374 g/mol. The van der Waals surface area contributed by atoms with Crippen molar-refractivity contribution >= 4 is 16.6 Å². The van der Waals surface area contributed by atoms with Gasteiger partial charge >= 0.3 is 0 Å². The van der Waals surface area contributed by atoms with Crippen molar-refractivity contribution in [2.45, 2.75) is 46.1 Å². The average Bonchev–Trinajstić information content (AvgIpc) is 3.17. The van der Waals surface area contributed by atoms with E-state index in [1.54, 1.807) is 0 Å². The second kappa shape index (κ2) is 7.97. The molecule has 4 rings (SSSR count). The number of fused-ring (bicyclic) bond motifs is 2. The first kappa shape index (κ1) is 18.4. The van der Waals surface area contributed by atoms with Crippen molar-refractivity contribution in [3.05, 3.63) is 54.7 Å². The van der Waals surface area contributed by atoms with E-state index in [9.17, 15) is 0 Å². The molecule has 28 heavy (non-hydrogen) atoms. The number of benzene rings is 1. The highest BCUT2D eigenvalue weighted by Crippen LogP contribution is 2.30. The van der Waals surface area contributed by atoms with Crippen LogP contribution in [0.1, 0.15) is 40.0 Å². The molecule has 0 aliphatic heterocycles. The lowest BCUT2D eigenvalue weighted by atomic mass is 9.98. The summed E-state index contributed by atoms with van der Waals surface area (Å²) in [7, 11) is 0. The van der Waals surface area contributed by atoms with Crippen molar-refractivity contribution in [1.29, 1.82) is 0 Å². The summed E-state index contributed by atoms with van der Waals surface area (Å²) >= 11 is 0. The Kier molecular flexibility index (Phi) is 5.24. The predicted molar refractivity (Wildman–Crippen MR) is 113 cm³/mol. The number of aromatic nitrogens is 4. The first-order valence-corrected chi connectivity index (χ1v) is 10.1. The van der Waals surface area contributed by atoms with E-state index in [1.165, 1.54) is 0 Å². The lowest BCUT2D eigenvalue weighted by Gasteiger charge is -2.24. The fourth-order valence-corrected chi connectivity index (χ4v) is 3.53. The number of nitrogens with zero attached hydrogens (tertiary/aromatic N) is 4. The molecule has 0 saturated heterocycles. The zero-order chi connectivity index (χ0) is 19.5. The van der Waals surface area contributed by atoms with Crippen LogP contribution in [0.4, 0.5) is 0 Å². The van der Waals surface area contributed by atoms with Crippen molar-refractivity contribution in [3.8, 4) is 17.3 Å². The van der Waals surface area contributed by atoms with Gasteiger partial charge in [-0.3, -0.25) is 4.40 Å². The van der Waals surface area contributed by atoms with Crippen LogP contribution in [0, 0.1) is 5.92 Å². The first-order valence-electron chi connectivity index (χ1n) is 10.1. The van der Waals surface area contributed by atoms with Gasteiger partial charge in [0.2, 0.25) is 0 Å². The molecule has 0 spiro atoms. The average molecular weight is 374 g/mol. The molecule has 1 unspecified atom stereocenters. The largest absolute Gasteiger partial charge is 0.488 e. The Morgan fingerprint density at radius 3 is 2.71 bits per heavy atom. The minimum atomic E-state index is 0.194. The van der Waals surface area contributed by atoms with Gasteiger partial charge in [-0.1, -0.05) is 57.9 Å².